The third kappa shape index (κ3) is 5.35. The van der Waals surface area contributed by atoms with Crippen LogP contribution >= 0.6 is 24.0 Å². The van der Waals surface area contributed by atoms with Gasteiger partial charge in [-0.1, -0.05) is 0 Å². The first-order valence-electron chi connectivity index (χ1n) is 6.04. The van der Waals surface area contributed by atoms with Crippen molar-refractivity contribution in [3.8, 4) is 0 Å². The van der Waals surface area contributed by atoms with Gasteiger partial charge in [-0.3, -0.25) is 4.68 Å². The van der Waals surface area contributed by atoms with Crippen LogP contribution in [0.1, 0.15) is 19.4 Å². The maximum Gasteiger partial charge on any atom is 0.193 e. The summed E-state index contributed by atoms with van der Waals surface area (Å²) in [4.78, 5) is 6.31. The fourth-order valence-electron chi connectivity index (χ4n) is 1.53. The molecule has 0 amide bonds. The minimum Gasteiger partial charge on any atom is -0.383 e. The van der Waals surface area contributed by atoms with Crippen LogP contribution in [-0.2, 0) is 12.6 Å². The first kappa shape index (κ1) is 18.2. The lowest BCUT2D eigenvalue weighted by molar-refractivity contribution is 0.0670. The number of rotatable bonds is 4. The van der Waals surface area contributed by atoms with E-state index in [-0.39, 0.29) is 24.0 Å². The Bertz CT molecular complexity index is 414. The standard InChI is InChI=1S/C12H23N5O.HI/c1-6-13-11(16(3)4)14-9-12(2,18)10-7-15-17(5)8-10;/h7-8,18H,6,9H2,1-5H3,(H,13,14);1H. The summed E-state index contributed by atoms with van der Waals surface area (Å²) in [6, 6.07) is 0. The van der Waals surface area contributed by atoms with E-state index in [0.29, 0.717) is 6.54 Å². The number of nitrogens with zero attached hydrogens (tertiary/aromatic N) is 4. The molecular weight excluding hydrogens is 357 g/mol. The van der Waals surface area contributed by atoms with Crippen molar-refractivity contribution in [3.05, 3.63) is 18.0 Å². The van der Waals surface area contributed by atoms with E-state index in [9.17, 15) is 5.11 Å². The van der Waals surface area contributed by atoms with Crippen LogP contribution in [-0.4, -0.2) is 52.9 Å². The van der Waals surface area contributed by atoms with Gasteiger partial charge in [-0.05, 0) is 13.8 Å². The predicted octanol–water partition coefficient (Wildman–Crippen LogP) is 0.773. The van der Waals surface area contributed by atoms with Gasteiger partial charge in [0.2, 0.25) is 0 Å². The molecule has 1 atom stereocenters. The quantitative estimate of drug-likeness (QED) is 0.460. The summed E-state index contributed by atoms with van der Waals surface area (Å²) in [5.41, 5.74) is -0.242. The molecule has 0 aromatic carbocycles. The smallest absolute Gasteiger partial charge is 0.193 e. The van der Waals surface area contributed by atoms with E-state index in [1.54, 1.807) is 24.0 Å². The first-order chi connectivity index (χ1) is 8.36. The molecule has 6 nitrogen and oxygen atoms in total. The number of halogens is 1. The van der Waals surface area contributed by atoms with E-state index >= 15 is 0 Å². The third-order valence-electron chi connectivity index (χ3n) is 2.62. The Morgan fingerprint density at radius 2 is 2.21 bits per heavy atom. The van der Waals surface area contributed by atoms with E-state index in [0.717, 1.165) is 18.1 Å². The molecule has 0 saturated heterocycles. The molecule has 0 aliphatic carbocycles. The summed E-state index contributed by atoms with van der Waals surface area (Å²) in [5.74, 6) is 0.765. The van der Waals surface area contributed by atoms with E-state index < -0.39 is 5.60 Å². The van der Waals surface area contributed by atoms with Gasteiger partial charge in [0.25, 0.3) is 0 Å². The molecule has 1 rings (SSSR count). The molecule has 1 aromatic rings. The second-order valence-corrected chi connectivity index (χ2v) is 4.74. The van der Waals surface area contributed by atoms with Gasteiger partial charge in [-0.2, -0.15) is 5.10 Å². The van der Waals surface area contributed by atoms with E-state index in [1.807, 2.05) is 33.0 Å². The minimum absolute atomic E-state index is 0. The molecule has 1 heterocycles. The number of guanidine groups is 1. The van der Waals surface area contributed by atoms with Crippen molar-refractivity contribution in [2.24, 2.45) is 12.0 Å². The van der Waals surface area contributed by atoms with Gasteiger partial charge in [0.15, 0.2) is 5.96 Å². The Morgan fingerprint density at radius 3 is 2.63 bits per heavy atom. The topological polar surface area (TPSA) is 65.7 Å². The maximum absolute atomic E-state index is 10.4. The van der Waals surface area contributed by atoms with Crippen LogP contribution in [0.2, 0.25) is 0 Å². The minimum atomic E-state index is -1.01. The normalized spacial score (nSPS) is 14.5. The first-order valence-corrected chi connectivity index (χ1v) is 6.04. The van der Waals surface area contributed by atoms with Gasteiger partial charge in [0, 0.05) is 39.4 Å². The molecule has 19 heavy (non-hydrogen) atoms. The van der Waals surface area contributed by atoms with Crippen molar-refractivity contribution in [3.63, 3.8) is 0 Å². The van der Waals surface area contributed by atoms with Crippen molar-refractivity contribution < 1.29 is 5.11 Å². The largest absolute Gasteiger partial charge is 0.383 e. The highest BCUT2D eigenvalue weighted by molar-refractivity contribution is 14.0. The lowest BCUT2D eigenvalue weighted by atomic mass is 10.0. The Morgan fingerprint density at radius 1 is 1.58 bits per heavy atom. The van der Waals surface area contributed by atoms with Gasteiger partial charge in [-0.25, -0.2) is 4.99 Å². The van der Waals surface area contributed by atoms with Crippen LogP contribution in [0.25, 0.3) is 0 Å². The van der Waals surface area contributed by atoms with Gasteiger partial charge >= 0.3 is 0 Å². The molecule has 1 unspecified atom stereocenters. The molecule has 2 N–H and O–H groups in total. The average molecular weight is 381 g/mol. The molecule has 0 radical (unpaired) electrons. The summed E-state index contributed by atoms with van der Waals surface area (Å²) >= 11 is 0. The summed E-state index contributed by atoms with van der Waals surface area (Å²) in [5, 5.41) is 17.6. The van der Waals surface area contributed by atoms with Crippen molar-refractivity contribution in [1.82, 2.24) is 20.0 Å². The van der Waals surface area contributed by atoms with Crippen LogP contribution in [0.5, 0.6) is 0 Å². The Labute approximate surface area is 131 Å². The summed E-state index contributed by atoms with van der Waals surface area (Å²) in [7, 11) is 5.66. The van der Waals surface area contributed by atoms with Crippen LogP contribution < -0.4 is 5.32 Å². The Balaban J connectivity index is 0.00000324. The lowest BCUT2D eigenvalue weighted by Crippen LogP contribution is -2.38. The second kappa shape index (κ2) is 7.68. The number of aromatic nitrogens is 2. The van der Waals surface area contributed by atoms with E-state index in [1.165, 1.54) is 0 Å². The molecular formula is C12H24IN5O. The number of hydrogen-bond acceptors (Lipinski definition) is 3. The summed E-state index contributed by atoms with van der Waals surface area (Å²) in [6.45, 7) is 4.84. The zero-order chi connectivity index (χ0) is 13.8. The maximum atomic E-state index is 10.4. The van der Waals surface area contributed by atoms with Crippen LogP contribution in [0.15, 0.2) is 17.4 Å². The number of nitrogens with one attached hydrogen (secondary N) is 1. The van der Waals surface area contributed by atoms with Crippen molar-refractivity contribution in [1.29, 1.82) is 0 Å². The summed E-state index contributed by atoms with van der Waals surface area (Å²) in [6.07, 6.45) is 3.47. The second-order valence-electron chi connectivity index (χ2n) is 4.74. The van der Waals surface area contributed by atoms with Crippen LogP contribution in [0, 0.1) is 0 Å². The molecule has 0 aliphatic rings. The van der Waals surface area contributed by atoms with Gasteiger partial charge in [0.1, 0.15) is 5.60 Å². The van der Waals surface area contributed by atoms with E-state index in [2.05, 4.69) is 15.4 Å². The number of aliphatic hydroxyl groups is 1. The fourth-order valence-corrected chi connectivity index (χ4v) is 1.53. The number of hydrogen-bond donors (Lipinski definition) is 2. The monoisotopic (exact) mass is 381 g/mol. The molecule has 1 aromatic heterocycles. The van der Waals surface area contributed by atoms with Crippen molar-refractivity contribution in [2.45, 2.75) is 19.4 Å². The number of aryl methyl sites for hydroxylation is 1. The molecule has 0 bridgehead atoms. The molecule has 0 spiro atoms. The van der Waals surface area contributed by atoms with Gasteiger partial charge in [-0.15, -0.1) is 24.0 Å². The van der Waals surface area contributed by atoms with Crippen molar-refractivity contribution in [2.75, 3.05) is 27.2 Å². The molecule has 0 aliphatic heterocycles. The van der Waals surface area contributed by atoms with Crippen LogP contribution in [0.3, 0.4) is 0 Å². The lowest BCUT2D eigenvalue weighted by Gasteiger charge is -2.22. The Kier molecular flexibility index (Phi) is 7.35. The third-order valence-corrected chi connectivity index (χ3v) is 2.62. The highest BCUT2D eigenvalue weighted by atomic mass is 127. The van der Waals surface area contributed by atoms with Crippen molar-refractivity contribution >= 4 is 29.9 Å². The molecule has 0 saturated carbocycles. The van der Waals surface area contributed by atoms with E-state index in [4.69, 9.17) is 0 Å². The van der Waals surface area contributed by atoms with Gasteiger partial charge in [0.05, 0.1) is 12.7 Å². The summed E-state index contributed by atoms with van der Waals surface area (Å²) < 4.78 is 1.67. The molecule has 0 fully saturated rings. The van der Waals surface area contributed by atoms with Gasteiger partial charge < -0.3 is 15.3 Å². The zero-order valence-corrected chi connectivity index (χ0v) is 14.5. The van der Waals surface area contributed by atoms with Crippen LogP contribution in [0.4, 0.5) is 0 Å². The predicted molar refractivity (Wildman–Crippen MR) is 87.9 cm³/mol. The molecule has 110 valence electrons. The highest BCUT2D eigenvalue weighted by Crippen LogP contribution is 2.19. The Hall–Kier alpha value is -0.830. The number of aliphatic imine (C=N–C) groups is 1. The fraction of sp³-hybridized carbons (Fsp3) is 0.667. The highest BCUT2D eigenvalue weighted by Gasteiger charge is 2.24. The molecule has 7 heteroatoms. The SMILES string of the molecule is CCNC(=NCC(C)(O)c1cnn(C)c1)N(C)C.I. The average Bonchev–Trinajstić information content (AvgIpc) is 2.71. The zero-order valence-electron chi connectivity index (χ0n) is 12.2.